The van der Waals surface area contributed by atoms with Gasteiger partial charge < -0.3 is 15.1 Å². The summed E-state index contributed by atoms with van der Waals surface area (Å²) in [5.74, 6) is 0.955. The average Bonchev–Trinajstić information content (AvgIpc) is 3.21. The molecule has 1 atom stereocenters. The molecule has 1 aliphatic carbocycles. The highest BCUT2D eigenvalue weighted by Gasteiger charge is 2.21. The zero-order valence-electron chi connectivity index (χ0n) is 15.9. The van der Waals surface area contributed by atoms with Gasteiger partial charge in [0.2, 0.25) is 5.91 Å². The monoisotopic (exact) mass is 368 g/mol. The van der Waals surface area contributed by atoms with Crippen LogP contribution in [0, 0.1) is 5.92 Å². The van der Waals surface area contributed by atoms with Crippen molar-refractivity contribution >= 4 is 17.5 Å². The summed E-state index contributed by atoms with van der Waals surface area (Å²) in [6, 6.07) is 11.0. The Morgan fingerprint density at radius 2 is 1.96 bits per heavy atom. The second kappa shape index (κ2) is 9.40. The summed E-state index contributed by atoms with van der Waals surface area (Å²) in [4.78, 5) is 24.9. The highest BCUT2D eigenvalue weighted by molar-refractivity contribution is 5.97. The number of nitrogens with one attached hydrogen (secondary N) is 2. The van der Waals surface area contributed by atoms with Crippen LogP contribution in [-0.2, 0) is 11.2 Å². The number of hydrogen-bond acceptors (Lipinski definition) is 3. The van der Waals surface area contributed by atoms with Crippen LogP contribution in [-0.4, -0.2) is 17.9 Å². The summed E-state index contributed by atoms with van der Waals surface area (Å²) in [6.45, 7) is 1.98. The predicted molar refractivity (Wildman–Crippen MR) is 106 cm³/mol. The summed E-state index contributed by atoms with van der Waals surface area (Å²) in [7, 11) is 0. The van der Waals surface area contributed by atoms with E-state index >= 15 is 0 Å². The van der Waals surface area contributed by atoms with Crippen LogP contribution in [0.4, 0.5) is 5.69 Å². The molecule has 1 aromatic carbocycles. The molecular formula is C22H28N2O3. The fourth-order valence-corrected chi connectivity index (χ4v) is 3.54. The Bertz CT molecular complexity index is 749. The zero-order valence-corrected chi connectivity index (χ0v) is 15.9. The molecule has 2 N–H and O–H groups in total. The average molecular weight is 368 g/mol. The second-order valence-corrected chi connectivity index (χ2v) is 7.40. The molecule has 0 spiro atoms. The molecule has 2 amide bonds. The lowest BCUT2D eigenvalue weighted by Crippen LogP contribution is -2.33. The first-order chi connectivity index (χ1) is 13.1. The van der Waals surface area contributed by atoms with Gasteiger partial charge in [-0.25, -0.2) is 0 Å². The molecule has 1 unspecified atom stereocenters. The zero-order chi connectivity index (χ0) is 19.1. The summed E-state index contributed by atoms with van der Waals surface area (Å²) < 4.78 is 5.32. The summed E-state index contributed by atoms with van der Waals surface area (Å²) >= 11 is 0. The number of rotatable bonds is 7. The van der Waals surface area contributed by atoms with Crippen molar-refractivity contribution in [3.63, 3.8) is 0 Å². The van der Waals surface area contributed by atoms with Gasteiger partial charge >= 0.3 is 0 Å². The van der Waals surface area contributed by atoms with Crippen molar-refractivity contribution in [1.82, 2.24) is 5.32 Å². The maximum absolute atomic E-state index is 12.5. The fourth-order valence-electron chi connectivity index (χ4n) is 3.54. The van der Waals surface area contributed by atoms with Crippen molar-refractivity contribution in [2.75, 3.05) is 5.32 Å². The normalized spacial score (nSPS) is 15.9. The maximum atomic E-state index is 12.5. The van der Waals surface area contributed by atoms with Gasteiger partial charge in [0.05, 0.1) is 6.26 Å². The fraction of sp³-hybridized carbons (Fsp3) is 0.455. The Morgan fingerprint density at radius 3 is 2.70 bits per heavy atom. The van der Waals surface area contributed by atoms with Crippen molar-refractivity contribution in [1.29, 1.82) is 0 Å². The third-order valence-electron chi connectivity index (χ3n) is 5.15. The van der Waals surface area contributed by atoms with E-state index in [-0.39, 0.29) is 23.8 Å². The molecule has 1 heterocycles. The number of carbonyl (C=O) groups is 2. The van der Waals surface area contributed by atoms with Crippen molar-refractivity contribution in [3.05, 3.63) is 54.0 Å². The van der Waals surface area contributed by atoms with Crippen LogP contribution in [0.15, 0.2) is 47.1 Å². The first-order valence-corrected chi connectivity index (χ1v) is 9.86. The Morgan fingerprint density at radius 1 is 1.15 bits per heavy atom. The van der Waals surface area contributed by atoms with Gasteiger partial charge in [0.1, 0.15) is 5.76 Å². The summed E-state index contributed by atoms with van der Waals surface area (Å²) in [5.41, 5.74) is 1.24. The van der Waals surface area contributed by atoms with Crippen LogP contribution < -0.4 is 10.6 Å². The van der Waals surface area contributed by atoms with Crippen LogP contribution in [0.3, 0.4) is 0 Å². The number of benzene rings is 1. The lowest BCUT2D eigenvalue weighted by molar-refractivity contribution is -0.120. The molecule has 0 aliphatic heterocycles. The summed E-state index contributed by atoms with van der Waals surface area (Å²) in [5, 5.41) is 5.98. The second-order valence-electron chi connectivity index (χ2n) is 7.40. The largest absolute Gasteiger partial charge is 0.469 e. The van der Waals surface area contributed by atoms with Gasteiger partial charge in [-0.15, -0.1) is 0 Å². The molecule has 3 rings (SSSR count). The molecular weight excluding hydrogens is 340 g/mol. The number of carbonyl (C=O) groups excluding carboxylic acids is 2. The highest BCUT2D eigenvalue weighted by atomic mass is 16.3. The van der Waals surface area contributed by atoms with Crippen molar-refractivity contribution in [2.45, 2.75) is 57.9 Å². The van der Waals surface area contributed by atoms with Crippen molar-refractivity contribution < 1.29 is 14.0 Å². The van der Waals surface area contributed by atoms with Gasteiger partial charge in [-0.1, -0.05) is 25.3 Å². The number of hydrogen-bond donors (Lipinski definition) is 2. The molecule has 1 aliphatic rings. The SMILES string of the molecule is CC(CCc1ccco1)NC(=O)c1cccc(NC(=O)C2CCCCC2)c1. The maximum Gasteiger partial charge on any atom is 0.251 e. The Labute approximate surface area is 160 Å². The minimum absolute atomic E-state index is 0.0306. The van der Waals surface area contributed by atoms with E-state index in [1.807, 2.05) is 25.1 Å². The van der Waals surface area contributed by atoms with Crippen LogP contribution in [0.2, 0.25) is 0 Å². The first-order valence-electron chi connectivity index (χ1n) is 9.86. The van der Waals surface area contributed by atoms with Gasteiger partial charge in [-0.2, -0.15) is 0 Å². The van der Waals surface area contributed by atoms with E-state index < -0.39 is 0 Å². The van der Waals surface area contributed by atoms with Crippen LogP contribution in [0.1, 0.15) is 61.6 Å². The minimum Gasteiger partial charge on any atom is -0.469 e. The molecule has 1 aromatic heterocycles. The lowest BCUT2D eigenvalue weighted by atomic mass is 9.88. The third kappa shape index (κ3) is 5.71. The quantitative estimate of drug-likeness (QED) is 0.753. The topological polar surface area (TPSA) is 71.3 Å². The van der Waals surface area contributed by atoms with Crippen LogP contribution in [0.5, 0.6) is 0 Å². The van der Waals surface area contributed by atoms with E-state index in [9.17, 15) is 9.59 Å². The molecule has 0 bridgehead atoms. The van der Waals surface area contributed by atoms with Crippen molar-refractivity contribution in [2.24, 2.45) is 5.92 Å². The molecule has 5 nitrogen and oxygen atoms in total. The van der Waals surface area contributed by atoms with E-state index in [1.165, 1.54) is 6.42 Å². The minimum atomic E-state index is -0.129. The Hall–Kier alpha value is -2.56. The van der Waals surface area contributed by atoms with Gasteiger partial charge in [-0.05, 0) is 56.5 Å². The predicted octanol–water partition coefficient (Wildman–Crippen LogP) is 4.55. The molecule has 0 radical (unpaired) electrons. The number of amides is 2. The van der Waals surface area contributed by atoms with Gasteiger partial charge in [-0.3, -0.25) is 9.59 Å². The molecule has 2 aromatic rings. The number of furan rings is 1. The molecule has 5 heteroatoms. The van der Waals surface area contributed by atoms with E-state index in [4.69, 9.17) is 4.42 Å². The molecule has 144 valence electrons. The lowest BCUT2D eigenvalue weighted by Gasteiger charge is -2.21. The van der Waals surface area contributed by atoms with Crippen LogP contribution in [0.25, 0.3) is 0 Å². The van der Waals surface area contributed by atoms with Crippen LogP contribution >= 0.6 is 0 Å². The van der Waals surface area contributed by atoms with Crippen molar-refractivity contribution in [3.8, 4) is 0 Å². The van der Waals surface area contributed by atoms with Gasteiger partial charge in [0.25, 0.3) is 5.91 Å². The van der Waals surface area contributed by atoms with E-state index in [0.717, 1.165) is 44.3 Å². The number of aryl methyl sites for hydroxylation is 1. The Balaban J connectivity index is 1.52. The number of anilines is 1. The molecule has 1 fully saturated rings. The third-order valence-corrected chi connectivity index (χ3v) is 5.15. The van der Waals surface area contributed by atoms with E-state index in [1.54, 1.807) is 24.5 Å². The first kappa shape index (κ1) is 19.2. The molecule has 27 heavy (non-hydrogen) atoms. The highest BCUT2D eigenvalue weighted by Crippen LogP contribution is 2.25. The van der Waals surface area contributed by atoms with Gasteiger partial charge in [0.15, 0.2) is 0 Å². The van der Waals surface area contributed by atoms with E-state index in [2.05, 4.69) is 10.6 Å². The smallest absolute Gasteiger partial charge is 0.251 e. The summed E-state index contributed by atoms with van der Waals surface area (Å²) in [6.07, 6.45) is 8.62. The Kier molecular flexibility index (Phi) is 6.69. The standard InChI is InChI=1S/C22H28N2O3/c1-16(12-13-20-11-6-14-27-20)23-22(26)18-9-5-10-19(15-18)24-21(25)17-7-3-2-4-8-17/h5-6,9-11,14-17H,2-4,7-8,12-13H2,1H3,(H,23,26)(H,24,25). The van der Waals surface area contributed by atoms with Gasteiger partial charge in [0, 0.05) is 29.6 Å². The van der Waals surface area contributed by atoms with E-state index in [0.29, 0.717) is 11.3 Å². The molecule has 1 saturated carbocycles. The molecule has 0 saturated heterocycles.